The molecule has 0 atom stereocenters. The number of aromatic nitrogens is 1. The molecule has 1 saturated heterocycles. The number of nitrogens with one attached hydrogen (secondary N) is 1. The van der Waals surface area contributed by atoms with Crippen molar-refractivity contribution in [2.75, 3.05) is 45.6 Å². The molecule has 3 amide bonds. The van der Waals surface area contributed by atoms with Gasteiger partial charge in [-0.1, -0.05) is 18.2 Å². The van der Waals surface area contributed by atoms with Crippen LogP contribution >= 0.6 is 0 Å². The number of urea groups is 1. The number of hydrogen-bond acceptors (Lipinski definition) is 5. The molecule has 1 aliphatic rings. The number of fused-ring (bicyclic) bond motifs is 1. The van der Waals surface area contributed by atoms with Gasteiger partial charge in [-0.25, -0.2) is 9.78 Å². The lowest BCUT2D eigenvalue weighted by Gasteiger charge is -2.33. The summed E-state index contributed by atoms with van der Waals surface area (Å²) in [4.78, 5) is 34.7. The van der Waals surface area contributed by atoms with E-state index in [2.05, 4.69) is 15.2 Å². The van der Waals surface area contributed by atoms with E-state index in [0.717, 1.165) is 18.8 Å². The lowest BCUT2D eigenvalue weighted by Crippen LogP contribution is -2.49. The van der Waals surface area contributed by atoms with Gasteiger partial charge in [0.2, 0.25) is 5.89 Å². The maximum absolute atomic E-state index is 12.4. The first-order valence-electron chi connectivity index (χ1n) is 9.94. The second-order valence-corrected chi connectivity index (χ2v) is 7.55. The molecule has 0 bridgehead atoms. The van der Waals surface area contributed by atoms with Crippen LogP contribution in [0.5, 0.6) is 0 Å². The van der Waals surface area contributed by atoms with Gasteiger partial charge in [0.15, 0.2) is 5.58 Å². The van der Waals surface area contributed by atoms with Gasteiger partial charge in [-0.05, 0) is 30.3 Å². The van der Waals surface area contributed by atoms with E-state index >= 15 is 0 Å². The van der Waals surface area contributed by atoms with Gasteiger partial charge in [0.05, 0.1) is 6.54 Å². The monoisotopic (exact) mass is 407 g/mol. The molecule has 8 heteroatoms. The van der Waals surface area contributed by atoms with E-state index in [1.54, 1.807) is 32.3 Å². The van der Waals surface area contributed by atoms with Crippen molar-refractivity contribution < 1.29 is 14.0 Å². The zero-order chi connectivity index (χ0) is 21.1. The van der Waals surface area contributed by atoms with Crippen LogP contribution in [0.3, 0.4) is 0 Å². The molecule has 0 spiro atoms. The molecule has 0 radical (unpaired) electrons. The standard InChI is InChI=1S/C22H25N5O3/c1-25(2)21(28)16-8-9-19-18(14-16)24-20(30-19)15-26-10-12-27(13-11-26)22(29)23-17-6-4-3-5-7-17/h3-9,14H,10-13,15H2,1-2H3,(H,23,29). The first-order chi connectivity index (χ1) is 14.5. The zero-order valence-corrected chi connectivity index (χ0v) is 17.2. The van der Waals surface area contributed by atoms with E-state index in [9.17, 15) is 9.59 Å². The fourth-order valence-corrected chi connectivity index (χ4v) is 3.46. The maximum Gasteiger partial charge on any atom is 0.321 e. The van der Waals surface area contributed by atoms with Crippen LogP contribution in [0.15, 0.2) is 52.9 Å². The summed E-state index contributed by atoms with van der Waals surface area (Å²) in [6.07, 6.45) is 0. The molecule has 1 aromatic heterocycles. The number of carbonyl (C=O) groups is 2. The number of anilines is 1. The fraction of sp³-hybridized carbons (Fsp3) is 0.318. The molecule has 4 rings (SSSR count). The Morgan fingerprint density at radius 3 is 2.50 bits per heavy atom. The highest BCUT2D eigenvalue weighted by molar-refractivity contribution is 5.96. The highest BCUT2D eigenvalue weighted by Crippen LogP contribution is 2.20. The van der Waals surface area contributed by atoms with Gasteiger partial charge in [-0.3, -0.25) is 9.69 Å². The Hall–Kier alpha value is -3.39. The lowest BCUT2D eigenvalue weighted by atomic mass is 10.2. The second kappa shape index (κ2) is 8.54. The highest BCUT2D eigenvalue weighted by Gasteiger charge is 2.22. The summed E-state index contributed by atoms with van der Waals surface area (Å²) >= 11 is 0. The molecule has 0 aliphatic carbocycles. The van der Waals surface area contributed by atoms with Crippen molar-refractivity contribution >= 4 is 28.7 Å². The topological polar surface area (TPSA) is 81.9 Å². The van der Waals surface area contributed by atoms with E-state index in [4.69, 9.17) is 4.42 Å². The molecule has 8 nitrogen and oxygen atoms in total. The van der Waals surface area contributed by atoms with Gasteiger partial charge in [0, 0.05) is 51.5 Å². The number of rotatable bonds is 4. The summed E-state index contributed by atoms with van der Waals surface area (Å²) in [5.74, 6) is 0.549. The number of oxazole rings is 1. The number of nitrogens with zero attached hydrogens (tertiary/aromatic N) is 4. The van der Waals surface area contributed by atoms with Crippen LogP contribution in [0.1, 0.15) is 16.2 Å². The smallest absolute Gasteiger partial charge is 0.321 e. The number of piperazine rings is 1. The fourth-order valence-electron chi connectivity index (χ4n) is 3.46. The average Bonchev–Trinajstić information content (AvgIpc) is 3.15. The third-order valence-corrected chi connectivity index (χ3v) is 5.13. The third kappa shape index (κ3) is 4.44. The van der Waals surface area contributed by atoms with Crippen molar-refractivity contribution in [2.45, 2.75) is 6.54 Å². The number of benzene rings is 2. The van der Waals surface area contributed by atoms with Crippen LogP contribution in [0.25, 0.3) is 11.1 Å². The minimum atomic E-state index is -0.0826. The quantitative estimate of drug-likeness (QED) is 0.719. The van der Waals surface area contributed by atoms with Gasteiger partial charge in [-0.15, -0.1) is 0 Å². The first-order valence-corrected chi connectivity index (χ1v) is 9.94. The summed E-state index contributed by atoms with van der Waals surface area (Å²) in [5.41, 5.74) is 2.73. The Balaban J connectivity index is 1.34. The Labute approximate surface area is 175 Å². The minimum Gasteiger partial charge on any atom is -0.439 e. The van der Waals surface area contributed by atoms with Gasteiger partial charge < -0.3 is 19.5 Å². The summed E-state index contributed by atoms with van der Waals surface area (Å²) in [5, 5.41) is 2.92. The van der Waals surface area contributed by atoms with Gasteiger partial charge >= 0.3 is 6.03 Å². The Bertz CT molecular complexity index is 1040. The van der Waals surface area contributed by atoms with Crippen LogP contribution in [-0.2, 0) is 6.54 Å². The molecule has 1 fully saturated rings. The molecule has 0 unspecified atom stereocenters. The average molecular weight is 407 g/mol. The van der Waals surface area contributed by atoms with Crippen molar-refractivity contribution in [3.05, 3.63) is 60.0 Å². The molecular weight excluding hydrogens is 382 g/mol. The van der Waals surface area contributed by atoms with Crippen molar-refractivity contribution in [1.29, 1.82) is 0 Å². The van der Waals surface area contributed by atoms with Crippen molar-refractivity contribution in [1.82, 2.24) is 19.7 Å². The van der Waals surface area contributed by atoms with Gasteiger partial charge in [0.25, 0.3) is 5.91 Å². The molecule has 1 N–H and O–H groups in total. The van der Waals surface area contributed by atoms with Crippen molar-refractivity contribution in [2.24, 2.45) is 0 Å². The summed E-state index contributed by atoms with van der Waals surface area (Å²) in [6, 6.07) is 14.7. The van der Waals surface area contributed by atoms with Crippen LogP contribution in [0.4, 0.5) is 10.5 Å². The molecule has 2 heterocycles. The number of carbonyl (C=O) groups excluding carboxylic acids is 2. The van der Waals surface area contributed by atoms with Crippen molar-refractivity contribution in [3.8, 4) is 0 Å². The largest absolute Gasteiger partial charge is 0.439 e. The number of para-hydroxylation sites is 1. The molecule has 3 aromatic rings. The molecule has 30 heavy (non-hydrogen) atoms. The summed E-state index contributed by atoms with van der Waals surface area (Å²) in [7, 11) is 3.45. The second-order valence-electron chi connectivity index (χ2n) is 7.55. The molecule has 0 saturated carbocycles. The maximum atomic E-state index is 12.4. The third-order valence-electron chi connectivity index (χ3n) is 5.13. The van der Waals surface area contributed by atoms with Gasteiger partial charge in [-0.2, -0.15) is 0 Å². The molecule has 1 aliphatic heterocycles. The van der Waals surface area contributed by atoms with E-state index in [-0.39, 0.29) is 11.9 Å². The van der Waals surface area contributed by atoms with E-state index in [1.165, 1.54) is 4.90 Å². The normalized spacial score (nSPS) is 14.7. The van der Waals surface area contributed by atoms with Crippen LogP contribution < -0.4 is 5.32 Å². The molecule has 156 valence electrons. The van der Waals surface area contributed by atoms with Crippen LogP contribution in [0, 0.1) is 0 Å². The van der Waals surface area contributed by atoms with Gasteiger partial charge in [0.1, 0.15) is 5.52 Å². The molecule has 2 aromatic carbocycles. The minimum absolute atomic E-state index is 0.0636. The molecular formula is C22H25N5O3. The number of amides is 3. The van der Waals surface area contributed by atoms with Crippen LogP contribution in [0.2, 0.25) is 0 Å². The Kier molecular flexibility index (Phi) is 5.67. The lowest BCUT2D eigenvalue weighted by molar-refractivity contribution is 0.0827. The Morgan fingerprint density at radius 1 is 1.07 bits per heavy atom. The van der Waals surface area contributed by atoms with E-state index < -0.39 is 0 Å². The van der Waals surface area contributed by atoms with Crippen LogP contribution in [-0.4, -0.2) is 71.9 Å². The predicted molar refractivity (Wildman–Crippen MR) is 114 cm³/mol. The SMILES string of the molecule is CN(C)C(=O)c1ccc2oc(CN3CCN(C(=O)Nc4ccccc4)CC3)nc2c1. The van der Waals surface area contributed by atoms with Crippen molar-refractivity contribution in [3.63, 3.8) is 0 Å². The van der Waals surface area contributed by atoms with E-state index in [0.29, 0.717) is 42.2 Å². The zero-order valence-electron chi connectivity index (χ0n) is 17.2. The summed E-state index contributed by atoms with van der Waals surface area (Å²) < 4.78 is 5.85. The van der Waals surface area contributed by atoms with E-state index in [1.807, 2.05) is 35.2 Å². The summed E-state index contributed by atoms with van der Waals surface area (Å²) in [6.45, 7) is 3.33. The first kappa shape index (κ1) is 19.9. The number of hydrogen-bond donors (Lipinski definition) is 1. The highest BCUT2D eigenvalue weighted by atomic mass is 16.3. The Morgan fingerprint density at radius 2 is 1.80 bits per heavy atom. The predicted octanol–water partition coefficient (Wildman–Crippen LogP) is 2.88.